The van der Waals surface area contributed by atoms with E-state index in [0.717, 1.165) is 24.0 Å². The van der Waals surface area contributed by atoms with E-state index < -0.39 is 5.97 Å². The van der Waals surface area contributed by atoms with E-state index >= 15 is 0 Å². The molecule has 0 aliphatic heterocycles. The number of fused-ring (bicyclic) bond motifs is 1. The zero-order chi connectivity index (χ0) is 15.7. The van der Waals surface area contributed by atoms with Crippen LogP contribution in [-0.2, 0) is 4.79 Å². The van der Waals surface area contributed by atoms with Crippen LogP contribution < -0.4 is 0 Å². The largest absolute Gasteiger partial charge is 0.477 e. The van der Waals surface area contributed by atoms with Gasteiger partial charge in [0.05, 0.1) is 18.0 Å². The first kappa shape index (κ1) is 14.0. The van der Waals surface area contributed by atoms with Crippen molar-refractivity contribution < 1.29 is 19.1 Å². The van der Waals surface area contributed by atoms with Crippen molar-refractivity contribution in [3.63, 3.8) is 0 Å². The Morgan fingerprint density at radius 1 is 1.36 bits per heavy atom. The number of carbonyl (C=O) groups is 2. The molecule has 0 bridgehead atoms. The lowest BCUT2D eigenvalue weighted by atomic mass is 10.1. The van der Waals surface area contributed by atoms with Crippen LogP contribution in [0.5, 0.6) is 0 Å². The maximum Gasteiger partial charge on any atom is 0.354 e. The monoisotopic (exact) mass is 299 g/mol. The molecule has 0 saturated heterocycles. The zero-order valence-electron chi connectivity index (χ0n) is 11.6. The maximum atomic E-state index is 11.3. The average Bonchev–Trinajstić information content (AvgIpc) is 3.08. The highest BCUT2D eigenvalue weighted by Gasteiger charge is 2.26. The molecule has 1 saturated carbocycles. The Labute approximate surface area is 125 Å². The summed E-state index contributed by atoms with van der Waals surface area (Å²) in [5.41, 5.74) is 2.62. The van der Waals surface area contributed by atoms with Crippen LogP contribution in [0.25, 0.3) is 17.0 Å². The molecule has 0 radical (unpaired) electrons. The number of carbonyl (C=O) groups excluding carboxylic acids is 1. The van der Waals surface area contributed by atoms with E-state index in [1.54, 1.807) is 10.6 Å². The highest BCUT2D eigenvalue weighted by atomic mass is 16.4. The molecule has 0 aromatic carbocycles. The predicted octanol–water partition coefficient (Wildman–Crippen LogP) is 2.38. The van der Waals surface area contributed by atoms with E-state index in [0.29, 0.717) is 17.3 Å². The van der Waals surface area contributed by atoms with Crippen molar-refractivity contribution in [1.29, 1.82) is 0 Å². The fourth-order valence-electron chi connectivity index (χ4n) is 2.44. The molecular formula is C15H13N3O4. The molecule has 0 atom stereocenters. The van der Waals surface area contributed by atoms with Gasteiger partial charge in [0, 0.05) is 6.20 Å². The summed E-state index contributed by atoms with van der Waals surface area (Å²) < 4.78 is 6.96. The Kier molecular flexibility index (Phi) is 3.46. The van der Waals surface area contributed by atoms with E-state index in [1.165, 1.54) is 12.6 Å². The lowest BCUT2D eigenvalue weighted by molar-refractivity contribution is -0.0980. The van der Waals surface area contributed by atoms with Gasteiger partial charge in [-0.05, 0) is 30.4 Å². The quantitative estimate of drug-likeness (QED) is 0.797. The summed E-state index contributed by atoms with van der Waals surface area (Å²) in [6.07, 6.45) is 8.48. The molecule has 3 heterocycles. The molecule has 112 valence electrons. The second-order valence-electron chi connectivity index (χ2n) is 4.97. The summed E-state index contributed by atoms with van der Waals surface area (Å²) in [5, 5.41) is 9.24. The van der Waals surface area contributed by atoms with Crippen LogP contribution in [0.15, 0.2) is 35.5 Å². The van der Waals surface area contributed by atoms with Crippen LogP contribution in [0.2, 0.25) is 0 Å². The number of hydrogen-bond acceptors (Lipinski definition) is 5. The lowest BCUT2D eigenvalue weighted by Crippen LogP contribution is -2.03. The summed E-state index contributed by atoms with van der Waals surface area (Å²) in [6, 6.07) is 2.02. The number of aromatic nitrogens is 3. The molecule has 1 fully saturated rings. The van der Waals surface area contributed by atoms with Crippen LogP contribution >= 0.6 is 0 Å². The molecule has 1 aliphatic rings. The summed E-state index contributed by atoms with van der Waals surface area (Å²) in [6.45, 7) is 2.00. The summed E-state index contributed by atoms with van der Waals surface area (Å²) in [7, 11) is 0. The normalized spacial score (nSPS) is 13.6. The van der Waals surface area contributed by atoms with Crippen molar-refractivity contribution >= 4 is 18.4 Å². The first-order valence-electron chi connectivity index (χ1n) is 6.66. The second kappa shape index (κ2) is 5.44. The van der Waals surface area contributed by atoms with Gasteiger partial charge in [0.1, 0.15) is 12.4 Å². The Morgan fingerprint density at radius 2 is 2.14 bits per heavy atom. The van der Waals surface area contributed by atoms with Crippen molar-refractivity contribution in [1.82, 2.24) is 14.4 Å². The minimum Gasteiger partial charge on any atom is -0.477 e. The molecule has 3 aromatic rings. The number of carboxylic acids is 1. The highest BCUT2D eigenvalue weighted by Crippen LogP contribution is 2.41. The van der Waals surface area contributed by atoms with Gasteiger partial charge in [-0.1, -0.05) is 0 Å². The van der Waals surface area contributed by atoms with Gasteiger partial charge in [-0.25, -0.2) is 14.8 Å². The van der Waals surface area contributed by atoms with Crippen molar-refractivity contribution in [2.45, 2.75) is 18.8 Å². The van der Waals surface area contributed by atoms with E-state index in [2.05, 4.69) is 9.97 Å². The molecular weight excluding hydrogens is 286 g/mol. The van der Waals surface area contributed by atoms with Gasteiger partial charge in [0.2, 0.25) is 0 Å². The molecule has 22 heavy (non-hydrogen) atoms. The van der Waals surface area contributed by atoms with Crippen molar-refractivity contribution in [3.05, 3.63) is 42.3 Å². The first-order valence-corrected chi connectivity index (χ1v) is 6.66. The Hall–Kier alpha value is -2.96. The van der Waals surface area contributed by atoms with Crippen LogP contribution in [0.4, 0.5) is 0 Å². The van der Waals surface area contributed by atoms with Gasteiger partial charge in [0.15, 0.2) is 17.8 Å². The second-order valence-corrected chi connectivity index (χ2v) is 4.97. The highest BCUT2D eigenvalue weighted by molar-refractivity contribution is 5.88. The molecule has 7 nitrogen and oxygen atoms in total. The number of carboxylic acid groups (broad SMARTS) is 1. The third kappa shape index (κ3) is 2.26. The predicted molar refractivity (Wildman–Crippen MR) is 76.7 cm³/mol. The summed E-state index contributed by atoms with van der Waals surface area (Å²) in [5.74, 6) is 0.110. The standard InChI is InChI=1S/C14H11N3O3.CH2O/c18-14(19)11-4-16-13-10(12-5-15-7-20-12)3-9(6-17(11)13)8-1-2-8;1-2/h3-8H,1-2H2,(H,18,19);1H2. The van der Waals surface area contributed by atoms with E-state index in [1.807, 2.05) is 19.1 Å². The van der Waals surface area contributed by atoms with Gasteiger partial charge >= 0.3 is 5.97 Å². The number of imidazole rings is 1. The third-order valence-corrected chi connectivity index (χ3v) is 3.59. The molecule has 3 aromatic heterocycles. The lowest BCUT2D eigenvalue weighted by Gasteiger charge is -2.06. The molecule has 1 N–H and O–H groups in total. The molecule has 7 heteroatoms. The zero-order valence-corrected chi connectivity index (χ0v) is 11.6. The number of hydrogen-bond donors (Lipinski definition) is 1. The molecule has 0 spiro atoms. The van der Waals surface area contributed by atoms with Crippen LogP contribution in [0.3, 0.4) is 0 Å². The van der Waals surface area contributed by atoms with Crippen molar-refractivity contribution in [3.8, 4) is 11.3 Å². The minimum atomic E-state index is -0.992. The number of aromatic carboxylic acids is 1. The van der Waals surface area contributed by atoms with Crippen LogP contribution in [0.1, 0.15) is 34.8 Å². The molecule has 0 amide bonds. The van der Waals surface area contributed by atoms with Gasteiger partial charge in [-0.15, -0.1) is 0 Å². The number of pyridine rings is 1. The molecule has 4 rings (SSSR count). The Bertz CT molecular complexity index is 819. The maximum absolute atomic E-state index is 11.3. The van der Waals surface area contributed by atoms with Gasteiger partial charge < -0.3 is 14.3 Å². The number of oxazole rings is 1. The van der Waals surface area contributed by atoms with Crippen LogP contribution in [0, 0.1) is 0 Å². The van der Waals surface area contributed by atoms with Crippen LogP contribution in [-0.4, -0.2) is 32.2 Å². The Morgan fingerprint density at radius 3 is 2.73 bits per heavy atom. The van der Waals surface area contributed by atoms with Gasteiger partial charge in [-0.2, -0.15) is 0 Å². The topological polar surface area (TPSA) is 97.7 Å². The fourth-order valence-corrected chi connectivity index (χ4v) is 2.44. The summed E-state index contributed by atoms with van der Waals surface area (Å²) >= 11 is 0. The first-order chi connectivity index (χ1) is 10.7. The number of nitrogens with zero attached hydrogens (tertiary/aromatic N) is 3. The minimum absolute atomic E-state index is 0.156. The summed E-state index contributed by atoms with van der Waals surface area (Å²) in [4.78, 5) is 27.4. The number of rotatable bonds is 3. The fraction of sp³-hybridized carbons (Fsp3) is 0.200. The van der Waals surface area contributed by atoms with Gasteiger partial charge in [0.25, 0.3) is 0 Å². The van der Waals surface area contributed by atoms with Crippen molar-refractivity contribution in [2.24, 2.45) is 0 Å². The van der Waals surface area contributed by atoms with Crippen molar-refractivity contribution in [2.75, 3.05) is 0 Å². The van der Waals surface area contributed by atoms with E-state index in [9.17, 15) is 9.90 Å². The smallest absolute Gasteiger partial charge is 0.354 e. The molecule has 0 unspecified atom stereocenters. The Balaban J connectivity index is 0.000000693. The average molecular weight is 299 g/mol. The van der Waals surface area contributed by atoms with Gasteiger partial charge in [-0.3, -0.25) is 4.40 Å². The van der Waals surface area contributed by atoms with E-state index in [4.69, 9.17) is 9.21 Å². The molecule has 1 aliphatic carbocycles. The SMILES string of the molecule is C=O.O=C(O)c1cnc2c(-c3cnco3)cc(C3CC3)cn12. The van der Waals surface area contributed by atoms with E-state index in [-0.39, 0.29) is 5.69 Å². The third-order valence-electron chi connectivity index (χ3n) is 3.59.